The third-order valence-electron chi connectivity index (χ3n) is 0.993. The summed E-state index contributed by atoms with van der Waals surface area (Å²) >= 11 is 0. The van der Waals surface area contributed by atoms with Crippen LogP contribution in [0, 0.1) is 0 Å². The van der Waals surface area contributed by atoms with E-state index >= 15 is 0 Å². The van der Waals surface area contributed by atoms with E-state index in [-0.39, 0.29) is 6.61 Å². The Balaban J connectivity index is 4.58. The van der Waals surface area contributed by atoms with Gasteiger partial charge >= 0.3 is 15.2 Å². The monoisotopic (exact) mass is 219 g/mol. The van der Waals surface area contributed by atoms with E-state index in [1.807, 2.05) is 0 Å². The summed E-state index contributed by atoms with van der Waals surface area (Å²) in [7, 11) is -9.16. The Morgan fingerprint density at radius 1 is 1.42 bits per heavy atom. The third kappa shape index (κ3) is 3.33. The van der Waals surface area contributed by atoms with Crippen LogP contribution in [0.1, 0.15) is 6.92 Å². The Labute approximate surface area is 69.2 Å². The lowest BCUT2D eigenvalue weighted by Crippen LogP contribution is -2.21. The van der Waals surface area contributed by atoms with Gasteiger partial charge in [0.25, 0.3) is 0 Å². The number of hydrogen-bond donors (Lipinski definition) is 4. The molecule has 0 spiro atoms. The quantitative estimate of drug-likeness (QED) is 0.474. The average Bonchev–Trinajstić information content (AvgIpc) is 1.84. The van der Waals surface area contributed by atoms with E-state index in [1.165, 1.54) is 6.92 Å². The molecular formula is C3H11NO6P2. The molecule has 0 aromatic heterocycles. The maximum atomic E-state index is 10.9. The van der Waals surface area contributed by atoms with Crippen LogP contribution in [0.4, 0.5) is 0 Å². The Bertz CT molecular complexity index is 235. The van der Waals surface area contributed by atoms with Crippen molar-refractivity contribution in [1.29, 1.82) is 0 Å². The van der Waals surface area contributed by atoms with Gasteiger partial charge in [-0.1, -0.05) is 0 Å². The van der Waals surface area contributed by atoms with Crippen LogP contribution < -0.4 is 5.73 Å². The highest BCUT2D eigenvalue weighted by atomic mass is 31.2. The molecule has 9 heteroatoms. The third-order valence-corrected chi connectivity index (χ3v) is 4.76. The van der Waals surface area contributed by atoms with E-state index < -0.39 is 20.7 Å². The van der Waals surface area contributed by atoms with Gasteiger partial charge in [0.15, 0.2) is 0 Å². The molecule has 5 N–H and O–H groups in total. The lowest BCUT2D eigenvalue weighted by molar-refractivity contribution is 0.265. The molecule has 0 radical (unpaired) electrons. The van der Waals surface area contributed by atoms with Gasteiger partial charge in [0.05, 0.1) is 6.61 Å². The van der Waals surface area contributed by atoms with Crippen molar-refractivity contribution >= 4 is 15.2 Å². The standard InChI is InChI=1S/C3H11NO6P2/c1-2-10-12(8,9)3(4)11(5,6)7/h3H,2,4H2,1H3,(H,8,9)(H2,5,6,7). The van der Waals surface area contributed by atoms with E-state index in [9.17, 15) is 9.13 Å². The molecule has 0 aliphatic heterocycles. The van der Waals surface area contributed by atoms with E-state index in [0.29, 0.717) is 0 Å². The largest absolute Gasteiger partial charge is 0.357 e. The zero-order valence-electron chi connectivity index (χ0n) is 6.32. The molecule has 7 nitrogen and oxygen atoms in total. The molecule has 12 heavy (non-hydrogen) atoms. The predicted octanol–water partition coefficient (Wildman–Crippen LogP) is -0.372. The second kappa shape index (κ2) is 3.98. The Kier molecular flexibility index (Phi) is 4.07. The molecule has 0 aromatic carbocycles. The van der Waals surface area contributed by atoms with Crippen molar-refractivity contribution in [1.82, 2.24) is 0 Å². The second-order valence-electron chi connectivity index (χ2n) is 1.98. The molecule has 0 amide bonds. The minimum Gasteiger partial charge on any atom is -0.323 e. The normalized spacial score (nSPS) is 20.1. The molecule has 2 atom stereocenters. The van der Waals surface area contributed by atoms with Gasteiger partial charge in [-0.3, -0.25) is 9.13 Å². The zero-order chi connectivity index (χ0) is 9.99. The lowest BCUT2D eigenvalue weighted by atomic mass is 10.9. The average molecular weight is 219 g/mol. The molecule has 0 aromatic rings. The smallest absolute Gasteiger partial charge is 0.323 e. The number of rotatable bonds is 4. The van der Waals surface area contributed by atoms with E-state index in [4.69, 9.17) is 20.4 Å². The van der Waals surface area contributed by atoms with E-state index in [2.05, 4.69) is 4.52 Å². The zero-order valence-corrected chi connectivity index (χ0v) is 8.11. The minimum absolute atomic E-state index is 0.137. The summed E-state index contributed by atoms with van der Waals surface area (Å²) in [5.74, 6) is 0. The highest BCUT2D eigenvalue weighted by Crippen LogP contribution is 2.59. The summed E-state index contributed by atoms with van der Waals surface area (Å²) in [5, 5.41) is 0. The first-order chi connectivity index (χ1) is 5.22. The van der Waals surface area contributed by atoms with Crippen molar-refractivity contribution in [3.8, 4) is 0 Å². The van der Waals surface area contributed by atoms with Crippen LogP contribution in [0.2, 0.25) is 0 Å². The molecule has 0 aliphatic carbocycles. The van der Waals surface area contributed by atoms with Gasteiger partial charge in [0.1, 0.15) is 0 Å². The summed E-state index contributed by atoms with van der Waals surface area (Å²) in [6, 6.07) is 0. The molecule has 0 rings (SSSR count). The van der Waals surface area contributed by atoms with Gasteiger partial charge in [-0.15, -0.1) is 0 Å². The van der Waals surface area contributed by atoms with Crippen LogP contribution in [0.15, 0.2) is 0 Å². The van der Waals surface area contributed by atoms with Gasteiger partial charge in [0.2, 0.25) is 5.52 Å². The summed E-state index contributed by atoms with van der Waals surface area (Å²) in [6.07, 6.45) is 0. The van der Waals surface area contributed by atoms with Crippen molar-refractivity contribution in [3.05, 3.63) is 0 Å². The molecule has 74 valence electrons. The van der Waals surface area contributed by atoms with Crippen molar-refractivity contribution in [2.75, 3.05) is 6.61 Å². The fourth-order valence-corrected chi connectivity index (χ4v) is 2.69. The number of nitrogens with two attached hydrogens (primary N) is 1. The first-order valence-corrected chi connectivity index (χ1v) is 6.32. The Hall–Kier alpha value is 0.260. The summed E-state index contributed by atoms with van der Waals surface area (Å²) in [4.78, 5) is 25.7. The predicted molar refractivity (Wildman–Crippen MR) is 41.5 cm³/mol. The van der Waals surface area contributed by atoms with Gasteiger partial charge in [-0.25, -0.2) is 0 Å². The molecule has 0 heterocycles. The molecule has 2 unspecified atom stereocenters. The molecule has 0 saturated carbocycles. The fraction of sp³-hybridized carbons (Fsp3) is 1.00. The van der Waals surface area contributed by atoms with Crippen LogP contribution in [-0.2, 0) is 13.7 Å². The lowest BCUT2D eigenvalue weighted by Gasteiger charge is -2.18. The first-order valence-electron chi connectivity index (χ1n) is 2.99. The fourth-order valence-electron chi connectivity index (χ4n) is 0.451. The van der Waals surface area contributed by atoms with Gasteiger partial charge in [0, 0.05) is 0 Å². The first kappa shape index (κ1) is 12.3. The van der Waals surface area contributed by atoms with Crippen molar-refractivity contribution < 1.29 is 28.3 Å². The highest BCUT2D eigenvalue weighted by molar-refractivity contribution is 7.71. The molecule has 0 bridgehead atoms. The maximum absolute atomic E-state index is 10.9. The topological polar surface area (TPSA) is 130 Å². The van der Waals surface area contributed by atoms with Gasteiger partial charge < -0.3 is 24.9 Å². The van der Waals surface area contributed by atoms with Crippen LogP contribution >= 0.6 is 15.2 Å². The molecule has 0 aliphatic rings. The molecular weight excluding hydrogens is 208 g/mol. The van der Waals surface area contributed by atoms with Crippen LogP contribution in [-0.4, -0.2) is 26.8 Å². The van der Waals surface area contributed by atoms with Gasteiger partial charge in [-0.05, 0) is 6.92 Å². The van der Waals surface area contributed by atoms with Crippen molar-refractivity contribution in [2.24, 2.45) is 5.73 Å². The van der Waals surface area contributed by atoms with Crippen LogP contribution in [0.25, 0.3) is 0 Å². The second-order valence-corrected chi connectivity index (χ2v) is 6.07. The Morgan fingerprint density at radius 3 is 2.08 bits per heavy atom. The van der Waals surface area contributed by atoms with Crippen LogP contribution in [0.5, 0.6) is 0 Å². The van der Waals surface area contributed by atoms with Crippen LogP contribution in [0.3, 0.4) is 0 Å². The SMILES string of the molecule is CCOP(=O)(O)C(N)P(=O)(O)O. The number of hydrogen-bond acceptors (Lipinski definition) is 4. The van der Waals surface area contributed by atoms with E-state index in [1.54, 1.807) is 0 Å². The highest BCUT2D eigenvalue weighted by Gasteiger charge is 2.42. The summed E-state index contributed by atoms with van der Waals surface area (Å²) < 4.78 is 25.5. The molecule has 0 fully saturated rings. The van der Waals surface area contributed by atoms with Crippen molar-refractivity contribution in [2.45, 2.75) is 12.4 Å². The summed E-state index contributed by atoms with van der Waals surface area (Å²) in [5.41, 5.74) is 2.65. The van der Waals surface area contributed by atoms with Crippen molar-refractivity contribution in [3.63, 3.8) is 0 Å². The van der Waals surface area contributed by atoms with Gasteiger partial charge in [-0.2, -0.15) is 0 Å². The molecule has 0 saturated heterocycles. The summed E-state index contributed by atoms with van der Waals surface area (Å²) in [6.45, 7) is 1.27. The Morgan fingerprint density at radius 2 is 1.83 bits per heavy atom. The maximum Gasteiger partial charge on any atom is 0.357 e. The van der Waals surface area contributed by atoms with E-state index in [0.717, 1.165) is 0 Å². The minimum atomic E-state index is -4.77.